The molecule has 1 saturated heterocycles. The summed E-state index contributed by atoms with van der Waals surface area (Å²) in [5, 5.41) is 12.5. The zero-order valence-electron chi connectivity index (χ0n) is 14.1. The van der Waals surface area contributed by atoms with Crippen LogP contribution in [0.4, 0.5) is 17.1 Å². The molecule has 7 nitrogen and oxygen atoms in total. The number of benzene rings is 2. The van der Waals surface area contributed by atoms with Crippen LogP contribution in [0.3, 0.4) is 0 Å². The van der Waals surface area contributed by atoms with Gasteiger partial charge in [0.05, 0.1) is 21.4 Å². The summed E-state index contributed by atoms with van der Waals surface area (Å²) >= 11 is 1.99. The molecular weight excluding hydrogens is 463 g/mol. The minimum Gasteiger partial charge on any atom is -0.478 e. The molecule has 1 fully saturated rings. The Kier molecular flexibility index (Phi) is 5.54. The third kappa shape index (κ3) is 3.85. The van der Waals surface area contributed by atoms with Crippen molar-refractivity contribution in [3.63, 3.8) is 0 Å². The number of anilines is 3. The van der Waals surface area contributed by atoms with E-state index in [2.05, 4.69) is 5.32 Å². The number of carboxylic acid groups (broad SMARTS) is 1. The van der Waals surface area contributed by atoms with Gasteiger partial charge < -0.3 is 10.4 Å². The first-order chi connectivity index (χ1) is 12.9. The highest BCUT2D eigenvalue weighted by Gasteiger charge is 2.33. The fourth-order valence-corrected chi connectivity index (χ4v) is 3.28. The number of rotatable bonds is 6. The van der Waals surface area contributed by atoms with E-state index in [1.54, 1.807) is 24.3 Å². The van der Waals surface area contributed by atoms with E-state index in [1.165, 1.54) is 18.2 Å². The first-order valence-corrected chi connectivity index (χ1v) is 9.63. The predicted octanol–water partition coefficient (Wildman–Crippen LogP) is 3.40. The summed E-state index contributed by atoms with van der Waals surface area (Å²) in [5.74, 6) is -1.93. The van der Waals surface area contributed by atoms with Gasteiger partial charge in [-0.1, -0.05) is 28.7 Å². The minimum absolute atomic E-state index is 0.0120. The number of Topliss-reactive ketones (excluding diaryl/α,β-unsaturated/α-hetero) is 1. The zero-order chi connectivity index (χ0) is 19.6. The van der Waals surface area contributed by atoms with Crippen molar-refractivity contribution in [1.82, 2.24) is 0 Å². The van der Waals surface area contributed by atoms with Gasteiger partial charge in [0.15, 0.2) is 5.78 Å². The maximum atomic E-state index is 12.1. The topological polar surface area (TPSA) is 104 Å². The highest BCUT2D eigenvalue weighted by Crippen LogP contribution is 2.35. The van der Waals surface area contributed by atoms with Gasteiger partial charge in [0.1, 0.15) is 0 Å². The lowest BCUT2D eigenvalue weighted by molar-refractivity contribution is -0.121. The molecule has 1 aliphatic heterocycles. The second-order valence-corrected chi connectivity index (χ2v) is 6.65. The lowest BCUT2D eigenvalue weighted by atomic mass is 10.1. The van der Waals surface area contributed by atoms with Crippen molar-refractivity contribution in [1.29, 1.82) is 0 Å². The molecule has 0 unspecified atom stereocenters. The number of para-hydroxylation sites is 1. The molecule has 0 spiro atoms. The molecule has 0 aromatic heterocycles. The van der Waals surface area contributed by atoms with Crippen LogP contribution < -0.4 is 10.2 Å². The molecule has 2 amide bonds. The number of nitrogens with one attached hydrogen (secondary N) is 1. The van der Waals surface area contributed by atoms with Crippen LogP contribution in [0.25, 0.3) is 0 Å². The first-order valence-electron chi connectivity index (χ1n) is 8.10. The van der Waals surface area contributed by atoms with Crippen LogP contribution in [0, 0.1) is 0 Å². The molecule has 3 rings (SSSR count). The summed E-state index contributed by atoms with van der Waals surface area (Å²) in [6.45, 7) is 0. The highest BCUT2D eigenvalue weighted by atomic mass is 127. The van der Waals surface area contributed by atoms with E-state index in [0.717, 1.165) is 4.90 Å². The van der Waals surface area contributed by atoms with E-state index < -0.39 is 5.97 Å². The molecule has 138 valence electrons. The van der Waals surface area contributed by atoms with Gasteiger partial charge in [0.25, 0.3) is 0 Å². The normalized spacial score (nSPS) is 13.7. The average molecular weight is 478 g/mol. The van der Waals surface area contributed by atoms with Crippen LogP contribution >= 0.6 is 22.6 Å². The summed E-state index contributed by atoms with van der Waals surface area (Å²) in [6, 6.07) is 11.0. The Morgan fingerprint density at radius 2 is 1.67 bits per heavy atom. The monoisotopic (exact) mass is 478 g/mol. The number of amides is 2. The van der Waals surface area contributed by atoms with Crippen molar-refractivity contribution in [3.8, 4) is 0 Å². The average Bonchev–Trinajstić information content (AvgIpc) is 3.00. The van der Waals surface area contributed by atoms with Gasteiger partial charge in [-0.15, -0.1) is 0 Å². The number of carbonyl (C=O) groups excluding carboxylic acids is 3. The molecule has 27 heavy (non-hydrogen) atoms. The number of carbonyl (C=O) groups is 4. The van der Waals surface area contributed by atoms with Gasteiger partial charge >= 0.3 is 5.97 Å². The first kappa shape index (κ1) is 19.0. The summed E-state index contributed by atoms with van der Waals surface area (Å²) in [5.41, 5.74) is 1.38. The fourth-order valence-electron chi connectivity index (χ4n) is 2.84. The fraction of sp³-hybridized carbons (Fsp3) is 0.158. The van der Waals surface area contributed by atoms with Crippen LogP contribution in [0.15, 0.2) is 42.5 Å². The van der Waals surface area contributed by atoms with Crippen LogP contribution in [0.2, 0.25) is 0 Å². The van der Waals surface area contributed by atoms with E-state index in [9.17, 15) is 24.3 Å². The molecule has 8 heteroatoms. The molecule has 2 aromatic rings. The van der Waals surface area contributed by atoms with E-state index in [4.69, 9.17) is 0 Å². The van der Waals surface area contributed by atoms with Crippen LogP contribution in [0.5, 0.6) is 0 Å². The Hall–Kier alpha value is -2.75. The quantitative estimate of drug-likeness (QED) is 0.286. The molecule has 0 bridgehead atoms. The number of aromatic carboxylic acids is 1. The number of imide groups is 1. The predicted molar refractivity (Wildman–Crippen MR) is 108 cm³/mol. The van der Waals surface area contributed by atoms with Crippen molar-refractivity contribution in [3.05, 3.63) is 53.6 Å². The number of hydrogen-bond acceptors (Lipinski definition) is 5. The molecule has 0 aliphatic carbocycles. The van der Waals surface area contributed by atoms with Crippen LogP contribution in [0.1, 0.15) is 33.6 Å². The van der Waals surface area contributed by atoms with Crippen molar-refractivity contribution >= 4 is 63.2 Å². The largest absolute Gasteiger partial charge is 0.478 e. The smallest absolute Gasteiger partial charge is 0.337 e. The summed E-state index contributed by atoms with van der Waals surface area (Å²) in [7, 11) is 0. The second-order valence-electron chi connectivity index (χ2n) is 5.89. The zero-order valence-corrected chi connectivity index (χ0v) is 16.2. The van der Waals surface area contributed by atoms with Crippen molar-refractivity contribution in [2.75, 3.05) is 14.6 Å². The van der Waals surface area contributed by atoms with Crippen molar-refractivity contribution in [2.24, 2.45) is 0 Å². The Labute approximate surface area is 168 Å². The molecule has 0 saturated carbocycles. The molecule has 1 heterocycles. The van der Waals surface area contributed by atoms with Gasteiger partial charge in [-0.3, -0.25) is 14.4 Å². The second kappa shape index (κ2) is 7.87. The molecule has 0 atom stereocenters. The SMILES string of the molecule is O=C(CI)c1ccc(Nc2c(C(=O)O)cccc2N2C(=O)CCC2=O)cc1. The molecule has 0 radical (unpaired) electrons. The molecular formula is C19H15IN2O5. The van der Waals surface area contributed by atoms with Crippen LogP contribution in [-0.2, 0) is 9.59 Å². The Morgan fingerprint density at radius 1 is 1.04 bits per heavy atom. The number of halogens is 1. The Morgan fingerprint density at radius 3 is 2.22 bits per heavy atom. The summed E-state index contributed by atoms with van der Waals surface area (Å²) in [4.78, 5) is 48.6. The minimum atomic E-state index is -1.19. The standard InChI is InChI=1S/C19H15IN2O5/c20-10-15(23)11-4-6-12(7-5-11)21-18-13(19(26)27)2-1-3-14(18)22-16(24)8-9-17(22)25/h1-7,21H,8-10H2,(H,26,27). The number of ketones is 1. The Bertz CT molecular complexity index is 924. The van der Waals surface area contributed by atoms with Gasteiger partial charge in [-0.05, 0) is 36.4 Å². The van der Waals surface area contributed by atoms with Gasteiger partial charge in [0.2, 0.25) is 11.8 Å². The molecule has 2 aromatic carbocycles. The summed E-state index contributed by atoms with van der Waals surface area (Å²) < 4.78 is 0.357. The van der Waals surface area contributed by atoms with E-state index >= 15 is 0 Å². The molecule has 2 N–H and O–H groups in total. The van der Waals surface area contributed by atoms with E-state index in [0.29, 0.717) is 15.7 Å². The van der Waals surface area contributed by atoms with Crippen LogP contribution in [-0.4, -0.2) is 33.1 Å². The molecule has 1 aliphatic rings. The number of nitrogens with zero attached hydrogens (tertiary/aromatic N) is 1. The summed E-state index contributed by atoms with van der Waals surface area (Å²) in [6.07, 6.45) is 0.200. The third-order valence-electron chi connectivity index (χ3n) is 4.16. The number of alkyl halides is 1. The Balaban J connectivity index is 2.03. The lowest BCUT2D eigenvalue weighted by Crippen LogP contribution is -2.29. The maximum Gasteiger partial charge on any atom is 0.337 e. The van der Waals surface area contributed by atoms with E-state index in [-0.39, 0.29) is 47.4 Å². The lowest BCUT2D eigenvalue weighted by Gasteiger charge is -2.21. The van der Waals surface area contributed by atoms with E-state index in [1.807, 2.05) is 22.6 Å². The third-order valence-corrected chi connectivity index (χ3v) is 4.86. The van der Waals surface area contributed by atoms with Crippen molar-refractivity contribution in [2.45, 2.75) is 12.8 Å². The van der Waals surface area contributed by atoms with Crippen molar-refractivity contribution < 1.29 is 24.3 Å². The van der Waals surface area contributed by atoms with Gasteiger partial charge in [-0.2, -0.15) is 0 Å². The van der Waals surface area contributed by atoms with Gasteiger partial charge in [-0.25, -0.2) is 9.69 Å². The maximum absolute atomic E-state index is 12.1. The highest BCUT2D eigenvalue weighted by molar-refractivity contribution is 14.1. The number of carboxylic acids is 1. The number of hydrogen-bond donors (Lipinski definition) is 2. The van der Waals surface area contributed by atoms with Gasteiger partial charge in [0, 0.05) is 24.1 Å².